The van der Waals surface area contributed by atoms with Gasteiger partial charge in [-0.2, -0.15) is 13.2 Å². The minimum Gasteiger partial charge on any atom is -0.317 e. The van der Waals surface area contributed by atoms with Crippen molar-refractivity contribution >= 4 is 0 Å². The number of hydrogen-bond acceptors (Lipinski definition) is 1. The highest BCUT2D eigenvalue weighted by Crippen LogP contribution is 2.43. The molecule has 0 amide bonds. The first-order chi connectivity index (χ1) is 8.50. The summed E-state index contributed by atoms with van der Waals surface area (Å²) >= 11 is 0. The van der Waals surface area contributed by atoms with E-state index in [2.05, 4.69) is 12.2 Å². The maximum absolute atomic E-state index is 13.0. The second-order valence-electron chi connectivity index (χ2n) is 5.49. The molecular weight excluding hydrogens is 239 g/mol. The van der Waals surface area contributed by atoms with Crippen molar-refractivity contribution in [1.29, 1.82) is 0 Å². The van der Waals surface area contributed by atoms with Gasteiger partial charge in [0.2, 0.25) is 0 Å². The lowest BCUT2D eigenvalue weighted by atomic mass is 9.73. The molecule has 1 fully saturated rings. The highest BCUT2D eigenvalue weighted by molar-refractivity contribution is 4.87. The Morgan fingerprint density at radius 3 is 2.39 bits per heavy atom. The van der Waals surface area contributed by atoms with Crippen LogP contribution in [0.5, 0.6) is 0 Å². The molecule has 0 aromatic heterocycles. The molecule has 1 aliphatic carbocycles. The third-order valence-corrected chi connectivity index (χ3v) is 4.25. The molecule has 0 saturated heterocycles. The van der Waals surface area contributed by atoms with Crippen molar-refractivity contribution in [3.63, 3.8) is 0 Å². The van der Waals surface area contributed by atoms with E-state index in [1.165, 1.54) is 0 Å². The van der Waals surface area contributed by atoms with Crippen LogP contribution in [0.2, 0.25) is 0 Å². The Labute approximate surface area is 109 Å². The summed E-state index contributed by atoms with van der Waals surface area (Å²) < 4.78 is 39.1. The first kappa shape index (κ1) is 15.8. The SMILES string of the molecule is CCCCCC(NC)C1CCCCC1C(F)(F)F. The van der Waals surface area contributed by atoms with E-state index in [0.717, 1.165) is 44.9 Å². The van der Waals surface area contributed by atoms with E-state index < -0.39 is 12.1 Å². The van der Waals surface area contributed by atoms with Gasteiger partial charge < -0.3 is 5.32 Å². The second kappa shape index (κ2) is 7.37. The third kappa shape index (κ3) is 4.45. The third-order valence-electron chi connectivity index (χ3n) is 4.25. The summed E-state index contributed by atoms with van der Waals surface area (Å²) in [7, 11) is 1.80. The fraction of sp³-hybridized carbons (Fsp3) is 1.00. The first-order valence-corrected chi connectivity index (χ1v) is 7.24. The summed E-state index contributed by atoms with van der Waals surface area (Å²) in [6.45, 7) is 2.12. The van der Waals surface area contributed by atoms with Crippen molar-refractivity contribution < 1.29 is 13.2 Å². The highest BCUT2D eigenvalue weighted by atomic mass is 19.4. The van der Waals surface area contributed by atoms with Crippen LogP contribution in [0.3, 0.4) is 0 Å². The second-order valence-corrected chi connectivity index (χ2v) is 5.49. The molecule has 0 radical (unpaired) electrons. The number of halogens is 3. The average molecular weight is 265 g/mol. The molecule has 1 N–H and O–H groups in total. The lowest BCUT2D eigenvalue weighted by Gasteiger charge is -2.38. The highest BCUT2D eigenvalue weighted by Gasteiger charge is 2.47. The van der Waals surface area contributed by atoms with Crippen molar-refractivity contribution in [1.82, 2.24) is 5.32 Å². The summed E-state index contributed by atoms with van der Waals surface area (Å²) in [4.78, 5) is 0. The minimum absolute atomic E-state index is 0.0310. The van der Waals surface area contributed by atoms with E-state index in [-0.39, 0.29) is 12.0 Å². The van der Waals surface area contributed by atoms with Gasteiger partial charge in [0.25, 0.3) is 0 Å². The predicted octanol–water partition coefficient (Wildman–Crippen LogP) is 4.52. The van der Waals surface area contributed by atoms with Crippen LogP contribution in [0.15, 0.2) is 0 Å². The van der Waals surface area contributed by atoms with E-state index in [9.17, 15) is 13.2 Å². The van der Waals surface area contributed by atoms with Gasteiger partial charge in [-0.3, -0.25) is 0 Å². The Morgan fingerprint density at radius 1 is 1.17 bits per heavy atom. The van der Waals surface area contributed by atoms with Crippen LogP contribution in [0.1, 0.15) is 58.3 Å². The Kier molecular flexibility index (Phi) is 6.47. The van der Waals surface area contributed by atoms with Crippen molar-refractivity contribution in [3.8, 4) is 0 Å². The molecule has 0 heterocycles. The first-order valence-electron chi connectivity index (χ1n) is 7.24. The van der Waals surface area contributed by atoms with Gasteiger partial charge in [0.15, 0.2) is 0 Å². The van der Waals surface area contributed by atoms with Crippen LogP contribution in [-0.2, 0) is 0 Å². The summed E-state index contributed by atoms with van der Waals surface area (Å²) in [5.74, 6) is -1.31. The molecule has 0 spiro atoms. The Hall–Kier alpha value is -0.250. The summed E-state index contributed by atoms with van der Waals surface area (Å²) in [5.41, 5.74) is 0. The Bertz CT molecular complexity index is 228. The number of alkyl halides is 3. The molecule has 1 rings (SSSR count). The lowest BCUT2D eigenvalue weighted by Crippen LogP contribution is -2.44. The summed E-state index contributed by atoms with van der Waals surface area (Å²) in [5, 5.41) is 3.13. The fourth-order valence-electron chi connectivity index (χ4n) is 3.23. The minimum atomic E-state index is -4.02. The fourth-order valence-corrected chi connectivity index (χ4v) is 3.23. The van der Waals surface area contributed by atoms with Gasteiger partial charge in [-0.05, 0) is 32.2 Å². The van der Waals surface area contributed by atoms with E-state index in [1.807, 2.05) is 0 Å². The van der Waals surface area contributed by atoms with Gasteiger partial charge >= 0.3 is 6.18 Å². The monoisotopic (exact) mass is 265 g/mol. The van der Waals surface area contributed by atoms with Crippen LogP contribution in [0.4, 0.5) is 13.2 Å². The van der Waals surface area contributed by atoms with Crippen molar-refractivity contribution in [2.45, 2.75) is 70.5 Å². The van der Waals surface area contributed by atoms with E-state index in [4.69, 9.17) is 0 Å². The van der Waals surface area contributed by atoms with E-state index in [0.29, 0.717) is 6.42 Å². The number of unbranched alkanes of at least 4 members (excludes halogenated alkanes) is 2. The molecule has 18 heavy (non-hydrogen) atoms. The molecular formula is C14H26F3N. The molecule has 4 heteroatoms. The normalized spacial score (nSPS) is 27.2. The zero-order valence-corrected chi connectivity index (χ0v) is 11.5. The Morgan fingerprint density at radius 2 is 1.83 bits per heavy atom. The van der Waals surface area contributed by atoms with Gasteiger partial charge in [0, 0.05) is 6.04 Å². The standard InChI is InChI=1S/C14H26F3N/c1-3-4-5-10-13(18-2)11-8-6-7-9-12(11)14(15,16)17/h11-13,18H,3-10H2,1-2H3. The van der Waals surface area contributed by atoms with Gasteiger partial charge in [0.05, 0.1) is 5.92 Å². The molecule has 1 saturated carbocycles. The summed E-state index contributed by atoms with van der Waals surface area (Å²) in [6, 6.07) is 0.0310. The molecule has 0 aliphatic heterocycles. The molecule has 0 bridgehead atoms. The van der Waals surface area contributed by atoms with Gasteiger partial charge in [-0.25, -0.2) is 0 Å². The zero-order valence-electron chi connectivity index (χ0n) is 11.5. The molecule has 0 aromatic carbocycles. The molecule has 0 aromatic rings. The van der Waals surface area contributed by atoms with Crippen molar-refractivity contribution in [2.75, 3.05) is 7.05 Å². The maximum Gasteiger partial charge on any atom is 0.392 e. The largest absolute Gasteiger partial charge is 0.392 e. The molecule has 108 valence electrons. The number of nitrogens with one attached hydrogen (secondary N) is 1. The van der Waals surface area contributed by atoms with Crippen molar-refractivity contribution in [2.24, 2.45) is 11.8 Å². The summed E-state index contributed by atoms with van der Waals surface area (Å²) in [6.07, 6.45) is 2.83. The molecule has 1 nitrogen and oxygen atoms in total. The molecule has 3 unspecified atom stereocenters. The van der Waals surface area contributed by atoms with E-state index >= 15 is 0 Å². The quantitative estimate of drug-likeness (QED) is 0.696. The van der Waals surface area contributed by atoms with Crippen LogP contribution in [0, 0.1) is 11.8 Å². The van der Waals surface area contributed by atoms with Crippen LogP contribution >= 0.6 is 0 Å². The maximum atomic E-state index is 13.0. The van der Waals surface area contributed by atoms with Crippen LogP contribution in [0.25, 0.3) is 0 Å². The van der Waals surface area contributed by atoms with E-state index in [1.54, 1.807) is 7.05 Å². The number of hydrogen-bond donors (Lipinski definition) is 1. The van der Waals surface area contributed by atoms with Gasteiger partial charge in [-0.15, -0.1) is 0 Å². The number of rotatable bonds is 6. The Balaban J connectivity index is 2.62. The zero-order chi connectivity index (χ0) is 13.6. The molecule has 1 aliphatic rings. The predicted molar refractivity (Wildman–Crippen MR) is 68.5 cm³/mol. The van der Waals surface area contributed by atoms with Crippen LogP contribution < -0.4 is 5.32 Å². The van der Waals surface area contributed by atoms with Gasteiger partial charge in [-0.1, -0.05) is 39.0 Å². The molecule has 3 atom stereocenters. The topological polar surface area (TPSA) is 12.0 Å². The average Bonchev–Trinajstić information content (AvgIpc) is 2.34. The van der Waals surface area contributed by atoms with Crippen LogP contribution in [-0.4, -0.2) is 19.3 Å². The smallest absolute Gasteiger partial charge is 0.317 e. The van der Waals surface area contributed by atoms with Gasteiger partial charge in [0.1, 0.15) is 0 Å². The lowest BCUT2D eigenvalue weighted by molar-refractivity contribution is -0.199. The van der Waals surface area contributed by atoms with Crippen molar-refractivity contribution in [3.05, 3.63) is 0 Å².